The Balaban J connectivity index is 3.49. The Morgan fingerprint density at radius 1 is 1.50 bits per heavy atom. The highest BCUT2D eigenvalue weighted by Gasteiger charge is 2.22. The molecule has 0 atom stereocenters. The van der Waals surface area contributed by atoms with Crippen LogP contribution in [0.1, 0.15) is 29.3 Å². The van der Waals surface area contributed by atoms with Crippen LogP contribution in [0.15, 0.2) is 12.1 Å². The van der Waals surface area contributed by atoms with E-state index < -0.39 is 28.4 Å². The average Bonchev–Trinajstić information content (AvgIpc) is 2.15. The second kappa shape index (κ2) is 4.21. The summed E-state index contributed by atoms with van der Waals surface area (Å²) in [4.78, 5) is 20.7. The van der Waals surface area contributed by atoms with Crippen molar-refractivity contribution in [3.63, 3.8) is 0 Å². The van der Waals surface area contributed by atoms with Crippen LogP contribution in [0, 0.1) is 10.1 Å². The quantitative estimate of drug-likeness (QED) is 0.373. The summed E-state index contributed by atoms with van der Waals surface area (Å²) >= 11 is 0. The Morgan fingerprint density at radius 2 is 2.06 bits per heavy atom. The fourth-order valence-electron chi connectivity index (χ4n) is 1.27. The zero-order chi connectivity index (χ0) is 12.5. The van der Waals surface area contributed by atoms with E-state index >= 15 is 0 Å². The minimum Gasteiger partial charge on any atom is -0.393 e. The summed E-state index contributed by atoms with van der Waals surface area (Å²) in [5.41, 5.74) is 3.35. The Morgan fingerprint density at radius 3 is 2.44 bits per heavy atom. The molecule has 1 aromatic rings. The van der Waals surface area contributed by atoms with Crippen molar-refractivity contribution in [2.45, 2.75) is 13.3 Å². The number of alkyl halides is 2. The van der Waals surface area contributed by atoms with E-state index in [0.29, 0.717) is 0 Å². The summed E-state index contributed by atoms with van der Waals surface area (Å²) in [6, 6.07) is 1.54. The number of carbonyl (C=O) groups is 1. The monoisotopic (exact) mass is 230 g/mol. The van der Waals surface area contributed by atoms with E-state index in [4.69, 9.17) is 5.73 Å². The van der Waals surface area contributed by atoms with E-state index in [-0.39, 0.29) is 11.3 Å². The number of nitrogen functional groups attached to an aromatic ring is 1. The maximum absolute atomic E-state index is 12.5. The Hall–Kier alpha value is -2.05. The molecule has 0 saturated carbocycles. The largest absolute Gasteiger partial charge is 0.393 e. The van der Waals surface area contributed by atoms with Gasteiger partial charge in [-0.15, -0.1) is 0 Å². The van der Waals surface area contributed by atoms with Crippen molar-refractivity contribution < 1.29 is 18.5 Å². The smallest absolute Gasteiger partial charge is 0.292 e. The number of carbonyl (C=O) groups excluding carboxylic acids is 1. The fraction of sp³-hybridized carbons (Fsp3) is 0.222. The molecule has 0 aromatic heterocycles. The number of Topliss-reactive ketones (excluding diaryl/α,β-unsaturated/α-hetero) is 1. The number of anilines is 1. The molecule has 1 rings (SSSR count). The number of nitrogens with zero attached hydrogens (tertiary/aromatic N) is 1. The Bertz CT molecular complexity index is 460. The third kappa shape index (κ3) is 2.13. The first-order valence-electron chi connectivity index (χ1n) is 4.21. The predicted octanol–water partition coefficient (Wildman–Crippen LogP) is 2.32. The lowest BCUT2D eigenvalue weighted by Crippen LogP contribution is -2.05. The van der Waals surface area contributed by atoms with E-state index in [1.807, 2.05) is 0 Å². The molecule has 0 aliphatic carbocycles. The van der Waals surface area contributed by atoms with E-state index in [9.17, 15) is 23.7 Å². The molecule has 0 fully saturated rings. The number of ketones is 1. The van der Waals surface area contributed by atoms with E-state index in [2.05, 4.69) is 0 Å². The summed E-state index contributed by atoms with van der Waals surface area (Å²) in [6.45, 7) is 1.06. The molecule has 5 nitrogen and oxygen atoms in total. The first-order chi connectivity index (χ1) is 7.34. The van der Waals surface area contributed by atoms with Gasteiger partial charge in [0.25, 0.3) is 12.1 Å². The van der Waals surface area contributed by atoms with Crippen molar-refractivity contribution >= 4 is 17.2 Å². The van der Waals surface area contributed by atoms with Crippen LogP contribution in [-0.4, -0.2) is 10.7 Å². The van der Waals surface area contributed by atoms with Crippen molar-refractivity contribution in [1.29, 1.82) is 0 Å². The van der Waals surface area contributed by atoms with Crippen molar-refractivity contribution in [1.82, 2.24) is 0 Å². The number of hydrogen-bond donors (Lipinski definition) is 1. The van der Waals surface area contributed by atoms with Crippen LogP contribution in [0.25, 0.3) is 0 Å². The van der Waals surface area contributed by atoms with Gasteiger partial charge in [0, 0.05) is 17.2 Å². The number of halogens is 2. The van der Waals surface area contributed by atoms with E-state index in [1.54, 1.807) is 0 Å². The molecule has 0 heterocycles. The van der Waals surface area contributed by atoms with Crippen LogP contribution in [0.4, 0.5) is 20.2 Å². The summed E-state index contributed by atoms with van der Waals surface area (Å²) in [7, 11) is 0. The first-order valence-corrected chi connectivity index (χ1v) is 4.21. The molecule has 16 heavy (non-hydrogen) atoms. The second-order valence-electron chi connectivity index (χ2n) is 3.11. The molecule has 0 spiro atoms. The molecule has 7 heteroatoms. The van der Waals surface area contributed by atoms with Gasteiger partial charge in [0.1, 0.15) is 5.69 Å². The average molecular weight is 230 g/mol. The zero-order valence-electron chi connectivity index (χ0n) is 8.24. The highest BCUT2D eigenvalue weighted by molar-refractivity contribution is 5.97. The molecule has 0 aliphatic rings. The van der Waals surface area contributed by atoms with Crippen LogP contribution in [0.5, 0.6) is 0 Å². The molecule has 0 aliphatic heterocycles. The summed E-state index contributed by atoms with van der Waals surface area (Å²) in [5, 5.41) is 10.5. The number of nitrogens with two attached hydrogens (primary N) is 1. The molecular weight excluding hydrogens is 222 g/mol. The molecule has 1 aromatic carbocycles. The number of rotatable bonds is 3. The van der Waals surface area contributed by atoms with Gasteiger partial charge in [0.05, 0.1) is 4.92 Å². The number of nitro groups is 1. The third-order valence-corrected chi connectivity index (χ3v) is 2.01. The van der Waals surface area contributed by atoms with Gasteiger partial charge >= 0.3 is 0 Å². The third-order valence-electron chi connectivity index (χ3n) is 2.01. The standard InChI is InChI=1S/C9H8F2N2O3/c1-4(14)5-3-8(13(15)16)7(12)2-6(5)9(10)11/h2-3,9H,12H2,1H3. The lowest BCUT2D eigenvalue weighted by atomic mass is 10.0. The number of benzene rings is 1. The molecule has 2 N–H and O–H groups in total. The highest BCUT2D eigenvalue weighted by atomic mass is 19.3. The SMILES string of the molecule is CC(=O)c1cc([N+](=O)[O-])c(N)cc1C(F)F. The summed E-state index contributed by atoms with van der Waals surface area (Å²) < 4.78 is 25.0. The van der Waals surface area contributed by atoms with Gasteiger partial charge in [-0.25, -0.2) is 8.78 Å². The molecule has 0 bridgehead atoms. The minimum atomic E-state index is -2.90. The van der Waals surface area contributed by atoms with Crippen molar-refractivity contribution in [2.75, 3.05) is 5.73 Å². The normalized spacial score (nSPS) is 10.5. The van der Waals surface area contributed by atoms with E-state index in [1.165, 1.54) is 0 Å². The predicted molar refractivity (Wildman–Crippen MR) is 52.5 cm³/mol. The lowest BCUT2D eigenvalue weighted by Gasteiger charge is -2.07. The molecular formula is C9H8F2N2O3. The Labute approximate surface area is 89.0 Å². The second-order valence-corrected chi connectivity index (χ2v) is 3.11. The highest BCUT2D eigenvalue weighted by Crippen LogP contribution is 2.31. The van der Waals surface area contributed by atoms with Crippen molar-refractivity contribution in [3.05, 3.63) is 33.4 Å². The summed E-state index contributed by atoms with van der Waals surface area (Å²) in [5.74, 6) is -0.668. The van der Waals surface area contributed by atoms with Crippen LogP contribution in [0.2, 0.25) is 0 Å². The van der Waals surface area contributed by atoms with Crippen LogP contribution >= 0.6 is 0 Å². The molecule has 0 unspecified atom stereocenters. The van der Waals surface area contributed by atoms with Gasteiger partial charge in [0.2, 0.25) is 0 Å². The number of nitro benzene ring substituents is 1. The maximum Gasteiger partial charge on any atom is 0.292 e. The molecule has 0 saturated heterocycles. The Kier molecular flexibility index (Phi) is 3.17. The summed E-state index contributed by atoms with van der Waals surface area (Å²) in [6.07, 6.45) is -2.90. The minimum absolute atomic E-state index is 0.379. The molecule has 86 valence electrons. The lowest BCUT2D eigenvalue weighted by molar-refractivity contribution is -0.383. The van der Waals surface area contributed by atoms with Crippen LogP contribution < -0.4 is 5.73 Å². The van der Waals surface area contributed by atoms with Gasteiger partial charge in [-0.05, 0) is 13.0 Å². The van der Waals surface area contributed by atoms with Gasteiger partial charge in [-0.1, -0.05) is 0 Å². The van der Waals surface area contributed by atoms with Crippen LogP contribution in [-0.2, 0) is 0 Å². The van der Waals surface area contributed by atoms with Gasteiger partial charge in [-0.3, -0.25) is 14.9 Å². The van der Waals surface area contributed by atoms with E-state index in [0.717, 1.165) is 19.1 Å². The van der Waals surface area contributed by atoms with Crippen molar-refractivity contribution in [3.8, 4) is 0 Å². The zero-order valence-corrected chi connectivity index (χ0v) is 8.24. The first kappa shape index (κ1) is 12.0. The fourth-order valence-corrected chi connectivity index (χ4v) is 1.27. The number of hydrogen-bond acceptors (Lipinski definition) is 4. The molecule has 0 amide bonds. The molecule has 0 radical (unpaired) electrons. The van der Waals surface area contributed by atoms with Gasteiger partial charge in [-0.2, -0.15) is 0 Å². The van der Waals surface area contributed by atoms with Crippen LogP contribution in [0.3, 0.4) is 0 Å². The van der Waals surface area contributed by atoms with Gasteiger partial charge < -0.3 is 5.73 Å². The van der Waals surface area contributed by atoms with Gasteiger partial charge in [0.15, 0.2) is 5.78 Å². The topological polar surface area (TPSA) is 86.2 Å². The maximum atomic E-state index is 12.5. The van der Waals surface area contributed by atoms with Crippen molar-refractivity contribution in [2.24, 2.45) is 0 Å².